The number of benzene rings is 1. The van der Waals surface area contributed by atoms with Crippen LogP contribution < -0.4 is 22.6 Å². The second kappa shape index (κ2) is 40.4. The molecule has 118 heavy (non-hydrogen) atoms. The van der Waals surface area contributed by atoms with Gasteiger partial charge in [-0.2, -0.15) is 0 Å². The minimum absolute atomic E-state index is 0.00120. The third kappa shape index (κ3) is 19.2. The Hall–Kier alpha value is -13.1. The molecule has 44 heteroatoms. The molecule has 17 aromatic rings. The minimum Gasteiger partial charge on any atom is -0.461 e. The van der Waals surface area contributed by atoms with Gasteiger partial charge in [0.15, 0.2) is 5.69 Å². The lowest BCUT2D eigenvalue weighted by molar-refractivity contribution is -0.383. The molecule has 0 unspecified atom stereocenters. The van der Waals surface area contributed by atoms with E-state index < -0.39 is 39.8 Å². The van der Waals surface area contributed by atoms with Crippen molar-refractivity contribution in [1.82, 2.24) is 52.7 Å². The topological polar surface area (TPSA) is 478 Å². The molecule has 16 heterocycles. The first-order valence-corrected chi connectivity index (χ1v) is 40.7. The number of H-pyrrole nitrogens is 4. The van der Waals surface area contributed by atoms with E-state index in [-0.39, 0.29) is 82.8 Å². The van der Waals surface area contributed by atoms with Gasteiger partial charge in [-0.15, -0.1) is 68.0 Å². The summed E-state index contributed by atoms with van der Waals surface area (Å²) in [7, 11) is 6.17. The summed E-state index contributed by atoms with van der Waals surface area (Å²) in [6.07, 6.45) is 3.19. The van der Waals surface area contributed by atoms with Gasteiger partial charge in [0, 0.05) is 33.8 Å². The normalized spacial score (nSPS) is 10.7. The van der Waals surface area contributed by atoms with E-state index in [4.69, 9.17) is 35.6 Å². The Morgan fingerprint density at radius 3 is 1.55 bits per heavy atom. The number of ether oxygens (including phenoxy) is 5. The molecule has 0 atom stereocenters. The highest BCUT2D eigenvalue weighted by atomic mass is 32.1. The maximum absolute atomic E-state index is 13.8. The summed E-state index contributed by atoms with van der Waals surface area (Å²) in [6.45, 7) is 10.2. The molecule has 0 aliphatic heterocycles. The van der Waals surface area contributed by atoms with Crippen LogP contribution in [0.15, 0.2) is 133 Å². The number of carbonyl (C=O) groups is 6. The highest BCUT2D eigenvalue weighted by Gasteiger charge is 2.32. The van der Waals surface area contributed by atoms with Crippen LogP contribution in [-0.4, -0.2) is 144 Å². The number of aromatic nitrogens is 11. The van der Waals surface area contributed by atoms with Crippen molar-refractivity contribution < 1.29 is 77.4 Å². The van der Waals surface area contributed by atoms with Crippen LogP contribution in [-0.2, 0) is 63.2 Å². The number of esters is 5. The predicted molar refractivity (Wildman–Crippen MR) is 454 cm³/mol. The Balaban J connectivity index is 0.000000157. The lowest BCUT2D eigenvalue weighted by Gasteiger charge is -2.07. The average Bonchev–Trinajstić information content (AvgIpc) is 1.59. The van der Waals surface area contributed by atoms with Gasteiger partial charge in [0.1, 0.15) is 48.7 Å². The highest BCUT2D eigenvalue weighted by Crippen LogP contribution is 2.39. The van der Waals surface area contributed by atoms with Gasteiger partial charge in [-0.05, 0) is 121 Å². The maximum atomic E-state index is 13.8. The lowest BCUT2D eigenvalue weighted by atomic mass is 10.2. The first kappa shape index (κ1) is 87.2. The Morgan fingerprint density at radius 1 is 0.551 bits per heavy atom. The van der Waals surface area contributed by atoms with Crippen molar-refractivity contribution in [3.8, 4) is 0 Å². The van der Waals surface area contributed by atoms with Crippen molar-refractivity contribution >= 4 is 231 Å². The molecule has 1 amide bonds. The molecule has 1 aromatic carbocycles. The number of hydrogen-bond acceptors (Lipinski definition) is 29. The monoisotopic (exact) mass is 1750 g/mol. The smallest absolute Gasteiger partial charge is 0.362 e. The Labute approximate surface area is 692 Å². The summed E-state index contributed by atoms with van der Waals surface area (Å²) in [6, 6.07) is 22.5. The molecule has 0 fully saturated rings. The van der Waals surface area contributed by atoms with Crippen molar-refractivity contribution in [2.45, 2.75) is 41.2 Å². The molecule has 618 valence electrons. The van der Waals surface area contributed by atoms with Crippen LogP contribution >= 0.6 is 79.4 Å². The summed E-state index contributed by atoms with van der Waals surface area (Å²) in [5, 5.41) is 43.9. The van der Waals surface area contributed by atoms with Gasteiger partial charge in [0.2, 0.25) is 17.8 Å². The van der Waals surface area contributed by atoms with Crippen LogP contribution in [0.25, 0.3) is 93.6 Å². The molecule has 17 rings (SSSR count). The van der Waals surface area contributed by atoms with Crippen LogP contribution in [0.5, 0.6) is 0 Å². The van der Waals surface area contributed by atoms with Crippen molar-refractivity contribution in [3.63, 3.8) is 0 Å². The number of thiophene rings is 7. The number of aryl methyl sites for hydroxylation is 4. The molecule has 0 spiro atoms. The fourth-order valence-electron chi connectivity index (χ4n) is 11.7. The number of nitrogens with two attached hydrogens (primary N) is 2. The van der Waals surface area contributed by atoms with Crippen LogP contribution in [0.3, 0.4) is 0 Å². The van der Waals surface area contributed by atoms with Gasteiger partial charge in [0.05, 0.1) is 149 Å². The summed E-state index contributed by atoms with van der Waals surface area (Å²) < 4.78 is 67.7. The van der Waals surface area contributed by atoms with E-state index >= 15 is 0 Å². The summed E-state index contributed by atoms with van der Waals surface area (Å²) in [5.74, 6) is -2.77. The number of aromatic amines is 4. The van der Waals surface area contributed by atoms with Gasteiger partial charge in [-0.1, -0.05) is 29.5 Å². The molecular weight excluding hydrogens is 1680 g/mol. The predicted octanol–water partition coefficient (Wildman–Crippen LogP) is 15.7. The molecular formula is C74H72F2N16O19S7. The van der Waals surface area contributed by atoms with E-state index in [1.807, 2.05) is 82.1 Å². The number of hydrogen-bond donors (Lipinski definition) is 6. The van der Waals surface area contributed by atoms with Crippen molar-refractivity contribution in [3.05, 3.63) is 215 Å². The lowest BCUT2D eigenvalue weighted by Crippen LogP contribution is -2.22. The van der Waals surface area contributed by atoms with E-state index in [2.05, 4.69) is 35.6 Å². The van der Waals surface area contributed by atoms with Gasteiger partial charge in [-0.25, -0.2) is 38.3 Å². The van der Waals surface area contributed by atoms with Crippen molar-refractivity contribution in [1.29, 1.82) is 0 Å². The van der Waals surface area contributed by atoms with E-state index in [9.17, 15) is 72.7 Å². The second-order valence-corrected chi connectivity index (χ2v) is 30.2. The maximum Gasteiger partial charge on any atom is 0.362 e. The molecule has 0 saturated heterocycles. The molecule has 0 saturated carbocycles. The molecule has 0 radical (unpaired) electrons. The zero-order valence-corrected chi connectivity index (χ0v) is 69.4. The number of nitro groups is 3. The fourth-order valence-corrected chi connectivity index (χ4v) is 17.9. The molecule has 8 N–H and O–H groups in total. The molecule has 0 bridgehead atoms. The van der Waals surface area contributed by atoms with Crippen LogP contribution in [0, 0.1) is 36.2 Å². The van der Waals surface area contributed by atoms with E-state index in [0.29, 0.717) is 95.4 Å². The standard InChI is InChI=1S/C16H12FN3OS.C10H10N2O4S.C10H12N2O2S.C9H7N3OS.2C9H8N2O4S.C9H9NO2S.CH3F.CH3NO/c1-19-12-6-7-22-15(12)13-14(19)16(21)20(9-18-13)8-10-4-2-3-5-11(10)17;1-3-16-10(13)8-7(12(14)15)9-6(11(8)2)4-5-17-9;1-3-14-10(13)8-7(11)9-6(12(8)2)4-5-15-9;1-12-5-2-3-14-8(5)6-7(12)9(13)11-4-10-6;1-2-15-9(12)6-3-7-5(10-6)4-8(16-7)11(13)14;1-2-15-9(12)6-7(11(13)14)8-5(10-6)3-4-16-8;1-2-12-9(11)7-5-8-6(10-7)3-4-13-8;1-2;2-1-3/h2-7,9H,8H2,1H3;4-5H,3H2,1-2H3;4-5H,3,11H2,1-2H3;2-4H,1H3,(H,10,11,13);2*3-4,10H,2H2,1H3;3-5,10H,2H2,1H3;1H3;1H,(H2,2,3)/i;;;;;;;1D;. The van der Waals surface area contributed by atoms with Gasteiger partial charge in [-0.3, -0.25) is 53.7 Å². The summed E-state index contributed by atoms with van der Waals surface area (Å²) in [4.78, 5) is 141. The number of nitrogens with zero attached hydrogens (tertiary/aromatic N) is 10. The number of carbonyl (C=O) groups excluding carboxylic acids is 6. The van der Waals surface area contributed by atoms with E-state index in [1.54, 1.807) is 127 Å². The number of anilines is 1. The second-order valence-electron chi connectivity index (χ2n) is 23.6. The third-order valence-corrected chi connectivity index (χ3v) is 23.2. The van der Waals surface area contributed by atoms with Gasteiger partial charge < -0.3 is 73.4 Å². The van der Waals surface area contributed by atoms with Gasteiger partial charge >= 0.3 is 46.2 Å². The van der Waals surface area contributed by atoms with Crippen LogP contribution in [0.1, 0.15) is 94.0 Å². The number of fused-ring (bicyclic) bond motifs is 11. The number of nitrogens with one attached hydrogen (secondary N) is 4. The van der Waals surface area contributed by atoms with Crippen molar-refractivity contribution in [2.75, 3.05) is 45.9 Å². The number of halogens is 2. The summed E-state index contributed by atoms with van der Waals surface area (Å²) in [5.41, 5.74) is 20.2. The first-order valence-electron chi connectivity index (χ1n) is 35.3. The SMILES string of the molecule is CCOC(=O)c1[nH]c2ccsc2c1[N+](=O)[O-].CCOC(=O)c1c(N)c2sccc2n1C.CCOC(=O)c1c([N+](=O)[O-])c2sccc2n1C.CCOC(=O)c1cc2sc([N+](=O)[O-])cc2[nH]1.CCOC(=O)c1cc2sccc2[nH]1.Cn1c2ccsc2c2nc[nH]c(=O)c21.Cn1c2ccsc2c2ncn(Cc3ccccc3F)c(=O)c21.NC=O.[2H]CF. The largest absolute Gasteiger partial charge is 0.461 e. The highest BCUT2D eigenvalue weighted by molar-refractivity contribution is 7.22. The third-order valence-electron chi connectivity index (χ3n) is 16.7. The summed E-state index contributed by atoms with van der Waals surface area (Å²) >= 11 is 9.80. The molecule has 0 aliphatic carbocycles. The molecule has 0 aliphatic rings. The Bertz CT molecular complexity index is 6560. The van der Waals surface area contributed by atoms with Crippen LogP contribution in [0.2, 0.25) is 0 Å². The zero-order valence-electron chi connectivity index (χ0n) is 64.6. The number of rotatable bonds is 15. The number of nitrogen functional groups attached to an aromatic ring is 1. The minimum atomic E-state index is -1.00. The average molecular weight is 1750 g/mol. The number of primary amides is 1. The van der Waals surface area contributed by atoms with Gasteiger partial charge in [0.25, 0.3) is 11.1 Å². The number of amides is 1. The first-order chi connectivity index (χ1) is 57.1. The Morgan fingerprint density at radius 2 is 1.01 bits per heavy atom. The number of alkyl halides is 1. The zero-order chi connectivity index (χ0) is 86.6. The Kier molecular flexibility index (Phi) is 29.9. The van der Waals surface area contributed by atoms with E-state index in [0.717, 1.165) is 57.7 Å². The molecule has 16 aromatic heterocycles. The molecule has 35 nitrogen and oxygen atoms in total. The van der Waals surface area contributed by atoms with Crippen molar-refractivity contribution in [2.24, 2.45) is 33.9 Å². The quantitative estimate of drug-likeness (QED) is 0.0182. The fraction of sp³-hybridized carbons (Fsp3) is 0.216. The van der Waals surface area contributed by atoms with Crippen LogP contribution in [0.4, 0.5) is 30.8 Å². The van der Waals surface area contributed by atoms with E-state index in [1.165, 1.54) is 67.9 Å².